The molecule has 1 aliphatic rings. The summed E-state index contributed by atoms with van der Waals surface area (Å²) < 4.78 is 6.70. The third kappa shape index (κ3) is 4.16. The van der Waals surface area contributed by atoms with Gasteiger partial charge in [-0.2, -0.15) is 0 Å². The van der Waals surface area contributed by atoms with E-state index >= 15 is 0 Å². The predicted molar refractivity (Wildman–Crippen MR) is 127 cm³/mol. The Morgan fingerprint density at radius 3 is 2.66 bits per heavy atom. The summed E-state index contributed by atoms with van der Waals surface area (Å²) in [7, 11) is 1.22. The number of benzene rings is 2. The first-order valence-electron chi connectivity index (χ1n) is 9.67. The number of carbonyl (C=O) groups is 3. The fourth-order valence-electron chi connectivity index (χ4n) is 3.59. The maximum absolute atomic E-state index is 12.9. The second-order valence-electron chi connectivity index (χ2n) is 7.22. The Hall–Kier alpha value is -2.74. The number of ether oxygens (including phenoxy) is 1. The maximum atomic E-state index is 12.9. The normalized spacial score (nSPS) is 16.2. The number of aromatic nitrogens is 1. The lowest BCUT2D eigenvalue weighted by Gasteiger charge is -2.18. The summed E-state index contributed by atoms with van der Waals surface area (Å²) in [5.41, 5.74) is 2.63. The molecule has 0 saturated carbocycles. The molecule has 0 unspecified atom stereocenters. The number of hydrogen-bond donors (Lipinski definition) is 0. The standard InChI is InChI=1S/C23H18Cl2N2O4S/c1-13(22(29)31-2)27-21(28)20(32-23(27)30)9-15-12-26(19-6-4-3-5-17(15)19)11-14-7-8-16(24)10-18(14)25/h3-10,12-13H,11H2,1-2H3/b20-9+/t13-/m0/s1. The van der Waals surface area contributed by atoms with Gasteiger partial charge >= 0.3 is 5.97 Å². The van der Waals surface area contributed by atoms with Gasteiger partial charge in [-0.25, -0.2) is 4.79 Å². The molecule has 2 heterocycles. The lowest BCUT2D eigenvalue weighted by Crippen LogP contribution is -2.42. The molecule has 4 rings (SSSR count). The molecule has 2 aromatic carbocycles. The lowest BCUT2D eigenvalue weighted by atomic mass is 10.1. The van der Waals surface area contributed by atoms with Crippen LogP contribution in [0.2, 0.25) is 10.0 Å². The van der Waals surface area contributed by atoms with Gasteiger partial charge in [-0.15, -0.1) is 0 Å². The molecule has 2 amide bonds. The number of esters is 1. The van der Waals surface area contributed by atoms with E-state index in [9.17, 15) is 14.4 Å². The van der Waals surface area contributed by atoms with E-state index in [0.29, 0.717) is 16.6 Å². The fraction of sp³-hybridized carbons (Fsp3) is 0.174. The van der Waals surface area contributed by atoms with Crippen molar-refractivity contribution in [1.29, 1.82) is 0 Å². The number of halogens is 2. The van der Waals surface area contributed by atoms with Gasteiger partial charge in [0.1, 0.15) is 6.04 Å². The third-order valence-electron chi connectivity index (χ3n) is 5.21. The zero-order valence-corrected chi connectivity index (χ0v) is 19.5. The van der Waals surface area contributed by atoms with Crippen molar-refractivity contribution in [2.75, 3.05) is 7.11 Å². The van der Waals surface area contributed by atoms with Gasteiger partial charge in [0.25, 0.3) is 11.1 Å². The summed E-state index contributed by atoms with van der Waals surface area (Å²) in [5.74, 6) is -1.17. The van der Waals surface area contributed by atoms with Gasteiger partial charge in [0, 0.05) is 39.3 Å². The molecule has 1 aliphatic heterocycles. The number of methoxy groups -OCH3 is 1. The third-order valence-corrected chi connectivity index (χ3v) is 6.69. The first-order chi connectivity index (χ1) is 15.3. The van der Waals surface area contributed by atoms with Gasteiger partial charge in [0.05, 0.1) is 12.0 Å². The van der Waals surface area contributed by atoms with E-state index in [2.05, 4.69) is 4.74 Å². The van der Waals surface area contributed by atoms with Crippen molar-refractivity contribution >= 4 is 69.1 Å². The van der Waals surface area contributed by atoms with Crippen molar-refractivity contribution in [2.45, 2.75) is 19.5 Å². The predicted octanol–water partition coefficient (Wildman–Crippen LogP) is 5.59. The van der Waals surface area contributed by atoms with Gasteiger partial charge < -0.3 is 9.30 Å². The van der Waals surface area contributed by atoms with Crippen LogP contribution in [-0.4, -0.2) is 39.7 Å². The molecular formula is C23H18Cl2N2O4S. The van der Waals surface area contributed by atoms with Gasteiger partial charge in [0.2, 0.25) is 0 Å². The highest BCUT2D eigenvalue weighted by Gasteiger charge is 2.41. The van der Waals surface area contributed by atoms with Gasteiger partial charge in [0.15, 0.2) is 0 Å². The average Bonchev–Trinajstić information content (AvgIpc) is 3.25. The van der Waals surface area contributed by atoms with E-state index in [-0.39, 0.29) is 4.91 Å². The number of thioether (sulfide) groups is 1. The zero-order valence-electron chi connectivity index (χ0n) is 17.2. The van der Waals surface area contributed by atoms with Crippen molar-refractivity contribution in [3.05, 3.63) is 74.7 Å². The molecule has 0 N–H and O–H groups in total. The molecule has 1 fully saturated rings. The highest BCUT2D eigenvalue weighted by molar-refractivity contribution is 8.18. The van der Waals surface area contributed by atoms with Crippen molar-refractivity contribution in [1.82, 2.24) is 9.47 Å². The van der Waals surface area contributed by atoms with Crippen molar-refractivity contribution in [3.8, 4) is 0 Å². The van der Waals surface area contributed by atoms with E-state index in [1.165, 1.54) is 14.0 Å². The lowest BCUT2D eigenvalue weighted by molar-refractivity contribution is -0.148. The molecular weight excluding hydrogens is 471 g/mol. The minimum absolute atomic E-state index is 0.248. The molecule has 9 heteroatoms. The number of fused-ring (bicyclic) bond motifs is 1. The number of amides is 2. The van der Waals surface area contributed by atoms with E-state index in [1.807, 2.05) is 41.1 Å². The maximum Gasteiger partial charge on any atom is 0.328 e. The fourth-order valence-corrected chi connectivity index (χ4v) is 4.95. The smallest absolute Gasteiger partial charge is 0.328 e. The average molecular weight is 489 g/mol. The SMILES string of the molecule is COC(=O)[C@H](C)N1C(=O)S/C(=C/c2cn(Cc3ccc(Cl)cc3Cl)c3ccccc23)C1=O. The molecule has 6 nitrogen and oxygen atoms in total. The number of hydrogen-bond acceptors (Lipinski definition) is 5. The highest BCUT2D eigenvalue weighted by Crippen LogP contribution is 2.35. The monoisotopic (exact) mass is 488 g/mol. The first kappa shape index (κ1) is 22.5. The van der Waals surface area contributed by atoms with Crippen LogP contribution < -0.4 is 0 Å². The molecule has 164 valence electrons. The number of nitrogens with zero attached hydrogens (tertiary/aromatic N) is 2. The number of carbonyl (C=O) groups excluding carboxylic acids is 3. The molecule has 0 radical (unpaired) electrons. The Labute approximate surface area is 198 Å². The Kier molecular flexibility index (Phi) is 6.33. The molecule has 32 heavy (non-hydrogen) atoms. The number of para-hydroxylation sites is 1. The van der Waals surface area contributed by atoms with Crippen LogP contribution >= 0.6 is 35.0 Å². The van der Waals surface area contributed by atoms with Gasteiger partial charge in [-0.05, 0) is 48.5 Å². The minimum atomic E-state index is -0.994. The Morgan fingerprint density at radius 1 is 1.19 bits per heavy atom. The van der Waals surface area contributed by atoms with E-state index < -0.39 is 23.2 Å². The molecule has 0 spiro atoms. The van der Waals surface area contributed by atoms with E-state index in [1.54, 1.807) is 18.2 Å². The quantitative estimate of drug-likeness (QED) is 0.345. The molecule has 1 atom stereocenters. The minimum Gasteiger partial charge on any atom is -0.467 e. The summed E-state index contributed by atoms with van der Waals surface area (Å²) in [6, 6.07) is 12.1. The van der Waals surface area contributed by atoms with Crippen LogP contribution in [-0.2, 0) is 20.9 Å². The van der Waals surface area contributed by atoms with Crippen LogP contribution in [0.25, 0.3) is 17.0 Å². The topological polar surface area (TPSA) is 68.6 Å². The van der Waals surface area contributed by atoms with Crippen LogP contribution in [0.3, 0.4) is 0 Å². The molecule has 1 saturated heterocycles. The summed E-state index contributed by atoms with van der Waals surface area (Å²) in [6.07, 6.45) is 3.59. The Morgan fingerprint density at radius 2 is 1.94 bits per heavy atom. The van der Waals surface area contributed by atoms with Crippen LogP contribution in [0, 0.1) is 0 Å². The second kappa shape index (κ2) is 9.02. The summed E-state index contributed by atoms with van der Waals surface area (Å²) >= 11 is 13.2. The number of imide groups is 1. The van der Waals surface area contributed by atoms with Crippen molar-refractivity contribution < 1.29 is 19.1 Å². The second-order valence-corrected chi connectivity index (χ2v) is 9.05. The molecule has 1 aromatic heterocycles. The first-order valence-corrected chi connectivity index (χ1v) is 11.2. The van der Waals surface area contributed by atoms with Crippen LogP contribution in [0.4, 0.5) is 4.79 Å². The van der Waals surface area contributed by atoms with Gasteiger partial charge in [-0.3, -0.25) is 14.5 Å². The highest BCUT2D eigenvalue weighted by atomic mass is 35.5. The summed E-state index contributed by atoms with van der Waals surface area (Å²) in [4.78, 5) is 38.3. The molecule has 0 aliphatic carbocycles. The largest absolute Gasteiger partial charge is 0.467 e. The van der Waals surface area contributed by atoms with Crippen LogP contribution in [0.5, 0.6) is 0 Å². The van der Waals surface area contributed by atoms with Crippen molar-refractivity contribution in [3.63, 3.8) is 0 Å². The van der Waals surface area contributed by atoms with Crippen LogP contribution in [0.15, 0.2) is 53.6 Å². The van der Waals surface area contributed by atoms with Crippen molar-refractivity contribution in [2.24, 2.45) is 0 Å². The summed E-state index contributed by atoms with van der Waals surface area (Å²) in [6.45, 7) is 1.97. The number of rotatable bonds is 5. The zero-order chi connectivity index (χ0) is 23.0. The Bertz CT molecular complexity index is 1280. The molecule has 3 aromatic rings. The van der Waals surface area contributed by atoms with Gasteiger partial charge in [-0.1, -0.05) is 47.5 Å². The van der Waals surface area contributed by atoms with E-state index in [4.69, 9.17) is 23.2 Å². The summed E-state index contributed by atoms with van der Waals surface area (Å²) in [5, 5.41) is 1.55. The van der Waals surface area contributed by atoms with E-state index in [0.717, 1.165) is 38.7 Å². The Balaban J connectivity index is 1.71. The van der Waals surface area contributed by atoms with Crippen LogP contribution in [0.1, 0.15) is 18.1 Å². The molecule has 0 bridgehead atoms.